The number of rotatable bonds is 7. The van der Waals surface area contributed by atoms with Crippen LogP contribution in [-0.4, -0.2) is 34.1 Å². The summed E-state index contributed by atoms with van der Waals surface area (Å²) in [7, 11) is -1.59. The Morgan fingerprint density at radius 3 is 2.56 bits per heavy atom. The molecule has 0 aliphatic heterocycles. The number of aliphatic hydroxyl groups excluding tert-OH is 1. The normalized spacial score (nSPS) is 14.5. The van der Waals surface area contributed by atoms with Crippen molar-refractivity contribution in [3.63, 3.8) is 0 Å². The van der Waals surface area contributed by atoms with Gasteiger partial charge in [0, 0.05) is 23.7 Å². The largest absolute Gasteiger partial charge is 0.497 e. The van der Waals surface area contributed by atoms with Crippen molar-refractivity contribution >= 4 is 20.8 Å². The van der Waals surface area contributed by atoms with E-state index < -0.39 is 16.0 Å². The van der Waals surface area contributed by atoms with Crippen molar-refractivity contribution < 1.29 is 18.8 Å². The first kappa shape index (κ1) is 19.1. The molecule has 0 saturated heterocycles. The van der Waals surface area contributed by atoms with Crippen molar-refractivity contribution in [1.29, 1.82) is 4.78 Å². The first-order valence-electron chi connectivity index (χ1n) is 8.30. The van der Waals surface area contributed by atoms with Gasteiger partial charge in [-0.15, -0.1) is 0 Å². The van der Waals surface area contributed by atoms with E-state index in [4.69, 9.17) is 19.4 Å². The molecule has 2 atom stereocenters. The Balaban J connectivity index is 1.84. The van der Waals surface area contributed by atoms with E-state index in [9.17, 15) is 4.21 Å². The van der Waals surface area contributed by atoms with E-state index in [1.54, 1.807) is 50.6 Å². The summed E-state index contributed by atoms with van der Waals surface area (Å²) in [5.74, 6) is 1.90. The molecule has 1 aromatic heterocycles. The number of methoxy groups -OCH3 is 1. The Morgan fingerprint density at radius 1 is 1.19 bits per heavy atom. The quantitative estimate of drug-likeness (QED) is 0.577. The molecule has 0 spiro atoms. The highest BCUT2D eigenvalue weighted by atomic mass is 32.2. The van der Waals surface area contributed by atoms with Crippen LogP contribution in [0.25, 0.3) is 10.9 Å². The van der Waals surface area contributed by atoms with Gasteiger partial charge in [-0.25, -0.2) is 13.7 Å². The van der Waals surface area contributed by atoms with Crippen molar-refractivity contribution in [2.24, 2.45) is 0 Å². The minimum absolute atomic E-state index is 0.197. The lowest BCUT2D eigenvalue weighted by molar-refractivity contribution is 0.266. The van der Waals surface area contributed by atoms with Crippen LogP contribution in [-0.2, 0) is 9.92 Å². The van der Waals surface area contributed by atoms with Crippen LogP contribution in [0.2, 0.25) is 0 Å². The van der Waals surface area contributed by atoms with Gasteiger partial charge in [0.2, 0.25) is 0 Å². The number of hydrogen-bond donors (Lipinski definition) is 3. The lowest BCUT2D eigenvalue weighted by Crippen LogP contribution is -2.34. The van der Waals surface area contributed by atoms with Gasteiger partial charge >= 0.3 is 0 Å². The number of nitrogens with zero attached hydrogens (tertiary/aromatic N) is 1. The van der Waals surface area contributed by atoms with E-state index in [0.29, 0.717) is 22.1 Å². The number of aliphatic hydroxyl groups is 1. The Morgan fingerprint density at radius 2 is 1.89 bits per heavy atom. The van der Waals surface area contributed by atoms with Crippen LogP contribution < -0.4 is 14.2 Å². The molecule has 142 valence electrons. The van der Waals surface area contributed by atoms with Crippen LogP contribution in [0.1, 0.15) is 6.92 Å². The fourth-order valence-corrected chi connectivity index (χ4v) is 3.83. The van der Waals surface area contributed by atoms with E-state index in [1.165, 1.54) is 0 Å². The lowest BCUT2D eigenvalue weighted by atomic mass is 10.2. The van der Waals surface area contributed by atoms with Gasteiger partial charge in [0.05, 0.1) is 24.1 Å². The van der Waals surface area contributed by atoms with E-state index in [-0.39, 0.29) is 6.61 Å². The first-order chi connectivity index (χ1) is 12.9. The number of hydrogen-bond acceptors (Lipinski definition) is 6. The van der Waals surface area contributed by atoms with Crippen LogP contribution >= 0.6 is 0 Å². The van der Waals surface area contributed by atoms with Crippen LogP contribution in [0.4, 0.5) is 0 Å². The molecule has 0 bridgehead atoms. The molecule has 2 aromatic carbocycles. The predicted molar refractivity (Wildman–Crippen MR) is 104 cm³/mol. The van der Waals surface area contributed by atoms with Gasteiger partial charge in [0.1, 0.15) is 27.2 Å². The van der Waals surface area contributed by atoms with E-state index >= 15 is 0 Å². The monoisotopic (exact) mass is 387 g/mol. The third kappa shape index (κ3) is 4.36. The lowest BCUT2D eigenvalue weighted by Gasteiger charge is -2.15. The van der Waals surface area contributed by atoms with Crippen LogP contribution in [0, 0.1) is 4.78 Å². The fraction of sp³-hybridized carbons (Fsp3) is 0.211. The number of aromatic nitrogens is 1. The molecule has 1 heterocycles. The molecular formula is C19H21N3O4S. The highest BCUT2D eigenvalue weighted by molar-refractivity contribution is 7.90. The van der Waals surface area contributed by atoms with Crippen molar-refractivity contribution in [3.8, 4) is 17.2 Å². The second kappa shape index (κ2) is 7.91. The van der Waals surface area contributed by atoms with Gasteiger partial charge in [-0.05, 0) is 49.4 Å². The molecule has 0 aliphatic carbocycles. The highest BCUT2D eigenvalue weighted by Gasteiger charge is 2.13. The summed E-state index contributed by atoms with van der Waals surface area (Å²) >= 11 is 0. The summed E-state index contributed by atoms with van der Waals surface area (Å²) in [6.45, 7) is 1.46. The number of nitrogens with one attached hydrogen (secondary N) is 2. The topological polar surface area (TPSA) is 105 Å². The molecule has 0 radical (unpaired) electrons. The van der Waals surface area contributed by atoms with Gasteiger partial charge in [-0.3, -0.25) is 4.98 Å². The van der Waals surface area contributed by atoms with Gasteiger partial charge in [-0.1, -0.05) is 0 Å². The van der Waals surface area contributed by atoms with Crippen molar-refractivity contribution in [3.05, 3.63) is 54.7 Å². The third-order valence-electron chi connectivity index (χ3n) is 3.93. The molecule has 3 aromatic rings. The summed E-state index contributed by atoms with van der Waals surface area (Å²) in [6.07, 6.45) is 1.66. The van der Waals surface area contributed by atoms with E-state index in [0.717, 1.165) is 10.9 Å². The number of pyridine rings is 1. The summed E-state index contributed by atoms with van der Waals surface area (Å²) in [6, 6.07) is 13.3. The minimum atomic E-state index is -3.19. The number of fused-ring (bicyclic) bond motifs is 1. The standard InChI is InChI=1S/C19H21N3O4S/c1-13(12-23)22-27(20,24)16-6-3-14(4-7-16)26-19-9-10-21-18-11-15(25-2)5-8-17(18)19/h3-11,13,23H,12H2,1-2H3,(H2,20,22,24)/t13-,27-/m1/s1. The maximum absolute atomic E-state index is 12.4. The maximum atomic E-state index is 12.4. The van der Waals surface area contributed by atoms with Crippen LogP contribution in [0.15, 0.2) is 59.6 Å². The van der Waals surface area contributed by atoms with Gasteiger partial charge in [0.25, 0.3) is 0 Å². The smallest absolute Gasteiger partial charge is 0.138 e. The second-order valence-electron chi connectivity index (χ2n) is 6.02. The molecule has 3 rings (SSSR count). The minimum Gasteiger partial charge on any atom is -0.497 e. The van der Waals surface area contributed by atoms with E-state index in [1.807, 2.05) is 18.2 Å². The number of ether oxygens (including phenoxy) is 2. The Hall–Kier alpha value is -2.68. The molecule has 0 aliphatic rings. The summed E-state index contributed by atoms with van der Waals surface area (Å²) in [4.78, 5) is 4.64. The van der Waals surface area contributed by atoms with Crippen LogP contribution in [0.3, 0.4) is 0 Å². The van der Waals surface area contributed by atoms with E-state index in [2.05, 4.69) is 9.71 Å². The maximum Gasteiger partial charge on any atom is 0.138 e. The van der Waals surface area contributed by atoms with Gasteiger partial charge < -0.3 is 14.6 Å². The molecule has 0 fully saturated rings. The molecule has 7 nitrogen and oxygen atoms in total. The highest BCUT2D eigenvalue weighted by Crippen LogP contribution is 2.31. The molecule has 3 N–H and O–H groups in total. The molecule has 0 unspecified atom stereocenters. The third-order valence-corrected chi connectivity index (χ3v) is 5.60. The zero-order valence-electron chi connectivity index (χ0n) is 15.0. The first-order valence-corrected chi connectivity index (χ1v) is 9.86. The average Bonchev–Trinajstić information content (AvgIpc) is 2.67. The zero-order chi connectivity index (χ0) is 19.4. The van der Waals surface area contributed by atoms with Crippen molar-refractivity contribution in [2.75, 3.05) is 13.7 Å². The molecule has 27 heavy (non-hydrogen) atoms. The van der Waals surface area contributed by atoms with Gasteiger partial charge in [0.15, 0.2) is 0 Å². The molecular weight excluding hydrogens is 366 g/mol. The Labute approximate surface area is 158 Å². The molecule has 0 saturated carbocycles. The fourth-order valence-electron chi connectivity index (χ4n) is 2.53. The average molecular weight is 387 g/mol. The SMILES string of the molecule is COc1ccc2c(Oc3ccc([S@](=N)(=O)N[C@H](C)CO)cc3)ccnc2c1. The summed E-state index contributed by atoms with van der Waals surface area (Å²) in [5.41, 5.74) is 0.750. The van der Waals surface area contributed by atoms with Gasteiger partial charge in [-0.2, -0.15) is 0 Å². The van der Waals surface area contributed by atoms with Crippen molar-refractivity contribution in [1.82, 2.24) is 9.71 Å². The number of benzene rings is 2. The second-order valence-corrected chi connectivity index (χ2v) is 7.84. The zero-order valence-corrected chi connectivity index (χ0v) is 15.8. The summed E-state index contributed by atoms with van der Waals surface area (Å²) in [5, 5.41) is 9.91. The summed E-state index contributed by atoms with van der Waals surface area (Å²) < 4.78 is 34.2. The molecule has 0 amide bonds. The Bertz CT molecular complexity index is 1040. The Kier molecular flexibility index (Phi) is 5.59. The van der Waals surface area contributed by atoms with Crippen molar-refractivity contribution in [2.45, 2.75) is 17.9 Å². The molecule has 8 heteroatoms. The van der Waals surface area contributed by atoms with Crippen LogP contribution in [0.5, 0.6) is 17.2 Å². The predicted octanol–water partition coefficient (Wildman–Crippen LogP) is 3.33.